The molecule has 232 valence electrons. The first kappa shape index (κ1) is 33.1. The molecule has 3 rings (SSSR count). The van der Waals surface area contributed by atoms with Crippen molar-refractivity contribution in [3.05, 3.63) is 71.3 Å². The second kappa shape index (κ2) is 15.2. The van der Waals surface area contributed by atoms with E-state index < -0.39 is 29.9 Å². The average molecular weight is 594 g/mol. The summed E-state index contributed by atoms with van der Waals surface area (Å²) in [5.41, 5.74) is 7.47. The van der Waals surface area contributed by atoms with Crippen molar-refractivity contribution in [1.29, 1.82) is 0 Å². The molecule has 0 aromatic heterocycles. The van der Waals surface area contributed by atoms with Crippen LogP contribution in [0.3, 0.4) is 0 Å². The highest BCUT2D eigenvalue weighted by Crippen LogP contribution is 2.21. The number of carbonyl (C=O) groups excluding carboxylic acids is 4. The van der Waals surface area contributed by atoms with E-state index >= 15 is 0 Å². The zero-order valence-electron chi connectivity index (χ0n) is 25.6. The van der Waals surface area contributed by atoms with Crippen LogP contribution in [0.2, 0.25) is 0 Å². The minimum atomic E-state index is -0.793. The van der Waals surface area contributed by atoms with Gasteiger partial charge in [0.2, 0.25) is 11.8 Å². The first-order valence-corrected chi connectivity index (χ1v) is 14.5. The van der Waals surface area contributed by atoms with Crippen LogP contribution in [0.25, 0.3) is 0 Å². The molecule has 1 aliphatic rings. The number of rotatable bonds is 10. The molecule has 0 bridgehead atoms. The van der Waals surface area contributed by atoms with Crippen LogP contribution in [0, 0.1) is 5.92 Å². The number of ether oxygens (including phenoxy) is 2. The third-order valence-electron chi connectivity index (χ3n) is 6.67. The number of amides is 4. The fraction of sp³-hybridized carbons (Fsp3) is 0.469. The number of nitrogens with one attached hydrogen (secondary N) is 2. The Morgan fingerprint density at radius 2 is 1.70 bits per heavy atom. The van der Waals surface area contributed by atoms with Crippen molar-refractivity contribution < 1.29 is 28.7 Å². The first-order valence-electron chi connectivity index (χ1n) is 14.5. The van der Waals surface area contributed by atoms with Gasteiger partial charge in [-0.15, -0.1) is 0 Å². The summed E-state index contributed by atoms with van der Waals surface area (Å²) in [6.07, 6.45) is 0.193. The highest BCUT2D eigenvalue weighted by atomic mass is 16.6. The molecule has 11 nitrogen and oxygen atoms in total. The Morgan fingerprint density at radius 3 is 2.33 bits per heavy atom. The Kier molecular flexibility index (Phi) is 11.7. The van der Waals surface area contributed by atoms with Gasteiger partial charge in [-0.3, -0.25) is 9.59 Å². The van der Waals surface area contributed by atoms with Gasteiger partial charge in [-0.25, -0.2) is 9.59 Å². The van der Waals surface area contributed by atoms with Gasteiger partial charge >= 0.3 is 12.2 Å². The Labute approximate surface area is 253 Å². The Morgan fingerprint density at radius 1 is 1.02 bits per heavy atom. The predicted molar refractivity (Wildman–Crippen MR) is 163 cm³/mol. The maximum absolute atomic E-state index is 13.5. The minimum Gasteiger partial charge on any atom is -0.444 e. The lowest BCUT2D eigenvalue weighted by Crippen LogP contribution is -2.54. The lowest BCUT2D eigenvalue weighted by molar-refractivity contribution is -0.140. The van der Waals surface area contributed by atoms with Gasteiger partial charge in [0, 0.05) is 18.7 Å². The maximum atomic E-state index is 13.5. The van der Waals surface area contributed by atoms with Crippen LogP contribution in [0.1, 0.15) is 70.6 Å². The molecule has 2 aromatic rings. The molecular weight excluding hydrogens is 550 g/mol. The third-order valence-corrected chi connectivity index (χ3v) is 6.67. The summed E-state index contributed by atoms with van der Waals surface area (Å²) in [5, 5.41) is 5.62. The molecule has 11 heteroatoms. The largest absolute Gasteiger partial charge is 0.444 e. The number of benzene rings is 2. The molecule has 0 spiro atoms. The molecule has 2 aromatic carbocycles. The van der Waals surface area contributed by atoms with Gasteiger partial charge < -0.3 is 30.7 Å². The number of amidine groups is 1. The summed E-state index contributed by atoms with van der Waals surface area (Å²) in [4.78, 5) is 56.5. The first-order chi connectivity index (χ1) is 20.3. The summed E-state index contributed by atoms with van der Waals surface area (Å²) >= 11 is 0. The summed E-state index contributed by atoms with van der Waals surface area (Å²) < 4.78 is 10.5. The zero-order chi connectivity index (χ0) is 31.6. The van der Waals surface area contributed by atoms with E-state index in [-0.39, 0.29) is 36.7 Å². The SMILES string of the molecule is CC(C)C[C@@H](NC(=O)OC(C)(C)C)C(=O)N1CCC[C@H]1C(=O)NCc1ccc(/C(N)=N/C(=O)OCc2ccccc2)cc1. The second-order valence-electron chi connectivity index (χ2n) is 12.0. The standard InChI is InChI=1S/C32H43N5O6/c1-21(2)18-25(35-31(41)43-32(3,4)5)29(39)37-17-9-12-26(37)28(38)34-19-22-13-15-24(16-14-22)27(33)36-30(40)42-20-23-10-7-6-8-11-23/h6-8,10-11,13-16,21,25-26H,9,12,17-20H2,1-5H3,(H,34,38)(H,35,41)(H2,33,36,40)/t25-,26+/m1/s1. The molecule has 0 saturated carbocycles. The minimum absolute atomic E-state index is 0.0182. The molecule has 1 saturated heterocycles. The van der Waals surface area contributed by atoms with E-state index in [1.807, 2.05) is 44.2 Å². The fourth-order valence-electron chi connectivity index (χ4n) is 4.66. The summed E-state index contributed by atoms with van der Waals surface area (Å²) in [6, 6.07) is 14.8. The number of aliphatic imine (C=N–C) groups is 1. The van der Waals surface area contributed by atoms with Crippen molar-refractivity contribution in [3.63, 3.8) is 0 Å². The molecular formula is C32H43N5O6. The lowest BCUT2D eigenvalue weighted by Gasteiger charge is -2.30. The highest BCUT2D eigenvalue weighted by Gasteiger charge is 2.38. The van der Waals surface area contributed by atoms with Crippen LogP contribution in [0.15, 0.2) is 59.6 Å². The molecule has 1 aliphatic heterocycles. The van der Waals surface area contributed by atoms with Crippen LogP contribution >= 0.6 is 0 Å². The molecule has 0 radical (unpaired) electrons. The number of likely N-dealkylation sites (tertiary alicyclic amines) is 1. The third kappa shape index (κ3) is 10.7. The van der Waals surface area contributed by atoms with Gasteiger partial charge in [0.05, 0.1) is 0 Å². The van der Waals surface area contributed by atoms with Crippen LogP contribution in [-0.2, 0) is 32.2 Å². The van der Waals surface area contributed by atoms with Gasteiger partial charge in [-0.1, -0.05) is 68.4 Å². The normalized spacial score (nSPS) is 16.0. The van der Waals surface area contributed by atoms with E-state index in [1.54, 1.807) is 49.9 Å². The van der Waals surface area contributed by atoms with E-state index in [4.69, 9.17) is 15.2 Å². The van der Waals surface area contributed by atoms with E-state index in [0.717, 1.165) is 11.1 Å². The average Bonchev–Trinajstić information content (AvgIpc) is 3.44. The molecule has 4 amide bonds. The number of carbonyl (C=O) groups is 4. The fourth-order valence-corrected chi connectivity index (χ4v) is 4.66. The Balaban J connectivity index is 1.55. The van der Waals surface area contributed by atoms with E-state index in [0.29, 0.717) is 31.4 Å². The second-order valence-corrected chi connectivity index (χ2v) is 12.0. The van der Waals surface area contributed by atoms with Crippen LogP contribution in [0.4, 0.5) is 9.59 Å². The summed E-state index contributed by atoms with van der Waals surface area (Å²) in [6.45, 7) is 9.97. The van der Waals surface area contributed by atoms with Crippen LogP contribution in [-0.4, -0.2) is 59.0 Å². The molecule has 0 aliphatic carbocycles. The van der Waals surface area contributed by atoms with Crippen LogP contribution < -0.4 is 16.4 Å². The van der Waals surface area contributed by atoms with Crippen molar-refractivity contribution in [1.82, 2.24) is 15.5 Å². The lowest BCUT2D eigenvalue weighted by atomic mass is 10.0. The molecule has 1 heterocycles. The Bertz CT molecular complexity index is 1290. The van der Waals surface area contributed by atoms with Crippen molar-refractivity contribution >= 4 is 29.8 Å². The molecule has 1 fully saturated rings. The zero-order valence-corrected chi connectivity index (χ0v) is 25.6. The van der Waals surface area contributed by atoms with Crippen molar-refractivity contribution in [2.45, 2.75) is 84.7 Å². The predicted octanol–water partition coefficient (Wildman–Crippen LogP) is 4.28. The number of hydrogen-bond donors (Lipinski definition) is 3. The smallest absolute Gasteiger partial charge is 0.435 e. The molecule has 4 N–H and O–H groups in total. The van der Waals surface area contributed by atoms with Crippen molar-refractivity contribution in [2.75, 3.05) is 6.54 Å². The number of nitrogens with two attached hydrogens (primary N) is 1. The molecule has 43 heavy (non-hydrogen) atoms. The molecule has 2 atom stereocenters. The van der Waals surface area contributed by atoms with Gasteiger partial charge in [0.15, 0.2) is 0 Å². The topological polar surface area (TPSA) is 152 Å². The van der Waals surface area contributed by atoms with Crippen molar-refractivity contribution in [3.8, 4) is 0 Å². The summed E-state index contributed by atoms with van der Waals surface area (Å²) in [5.74, 6) is -0.401. The van der Waals surface area contributed by atoms with Gasteiger partial charge in [-0.2, -0.15) is 4.99 Å². The van der Waals surface area contributed by atoms with E-state index in [9.17, 15) is 19.2 Å². The number of hydrogen-bond acceptors (Lipinski definition) is 6. The van der Waals surface area contributed by atoms with Gasteiger partial charge in [-0.05, 0) is 57.1 Å². The number of nitrogens with zero attached hydrogens (tertiary/aromatic N) is 2. The van der Waals surface area contributed by atoms with Gasteiger partial charge in [0.25, 0.3) is 0 Å². The van der Waals surface area contributed by atoms with Crippen molar-refractivity contribution in [2.24, 2.45) is 16.6 Å². The van der Waals surface area contributed by atoms with E-state index in [2.05, 4.69) is 15.6 Å². The monoisotopic (exact) mass is 593 g/mol. The Hall–Kier alpha value is -4.41. The van der Waals surface area contributed by atoms with E-state index in [1.165, 1.54) is 0 Å². The van der Waals surface area contributed by atoms with Gasteiger partial charge in [0.1, 0.15) is 30.1 Å². The highest BCUT2D eigenvalue weighted by molar-refractivity contribution is 6.02. The quantitative estimate of drug-likeness (QED) is 0.275. The number of alkyl carbamates (subject to hydrolysis) is 1. The summed E-state index contributed by atoms with van der Waals surface area (Å²) in [7, 11) is 0. The van der Waals surface area contributed by atoms with Crippen LogP contribution in [0.5, 0.6) is 0 Å². The molecule has 0 unspecified atom stereocenters. The maximum Gasteiger partial charge on any atom is 0.435 e.